The number of hydrogen-bond donors (Lipinski definition) is 0. The maximum Gasteiger partial charge on any atom is 0.143 e. The first-order chi connectivity index (χ1) is 5.77. The standard InChI is InChI=1S/C9H9NOS/c1-6(11)9-4-7-5-10-3-2-8(7)12-9/h2-3,5,9H,4H2,1H3. The fourth-order valence-electron chi connectivity index (χ4n) is 1.30. The molecule has 0 saturated heterocycles. The largest absolute Gasteiger partial charge is 0.299 e. The van der Waals surface area contributed by atoms with Crippen molar-refractivity contribution in [2.75, 3.05) is 0 Å². The van der Waals surface area contributed by atoms with E-state index in [9.17, 15) is 4.79 Å². The molecular formula is C9H9NOS. The molecule has 1 unspecified atom stereocenters. The summed E-state index contributed by atoms with van der Waals surface area (Å²) >= 11 is 1.65. The quantitative estimate of drug-likeness (QED) is 0.657. The normalized spacial score (nSPS) is 20.6. The van der Waals surface area contributed by atoms with Gasteiger partial charge in [0, 0.05) is 17.3 Å². The molecule has 1 aliphatic heterocycles. The van der Waals surface area contributed by atoms with E-state index < -0.39 is 0 Å². The molecule has 3 heteroatoms. The van der Waals surface area contributed by atoms with Crippen molar-refractivity contribution in [3.05, 3.63) is 24.0 Å². The van der Waals surface area contributed by atoms with Crippen molar-refractivity contribution in [2.24, 2.45) is 0 Å². The number of carbonyl (C=O) groups excluding carboxylic acids is 1. The van der Waals surface area contributed by atoms with Crippen molar-refractivity contribution in [2.45, 2.75) is 23.5 Å². The molecule has 2 heterocycles. The first-order valence-corrected chi connectivity index (χ1v) is 4.75. The van der Waals surface area contributed by atoms with E-state index in [1.165, 1.54) is 10.5 Å². The maximum absolute atomic E-state index is 11.1. The van der Waals surface area contributed by atoms with E-state index in [0.717, 1.165) is 6.42 Å². The highest BCUT2D eigenvalue weighted by Gasteiger charge is 2.25. The number of fused-ring (bicyclic) bond motifs is 1. The van der Waals surface area contributed by atoms with E-state index in [1.54, 1.807) is 24.9 Å². The maximum atomic E-state index is 11.1. The lowest BCUT2D eigenvalue weighted by Crippen LogP contribution is -2.11. The number of pyridine rings is 1. The van der Waals surface area contributed by atoms with E-state index in [1.807, 2.05) is 12.3 Å². The van der Waals surface area contributed by atoms with Gasteiger partial charge in [-0.25, -0.2) is 0 Å². The summed E-state index contributed by atoms with van der Waals surface area (Å²) in [6, 6.07) is 1.98. The minimum atomic E-state index is 0.129. The average molecular weight is 179 g/mol. The van der Waals surface area contributed by atoms with Crippen LogP contribution in [0.4, 0.5) is 0 Å². The summed E-state index contributed by atoms with van der Waals surface area (Å²) in [5.74, 6) is 0.260. The molecule has 0 aromatic carbocycles. The van der Waals surface area contributed by atoms with Crippen LogP contribution in [0.15, 0.2) is 23.4 Å². The Kier molecular flexibility index (Phi) is 1.89. The van der Waals surface area contributed by atoms with Crippen LogP contribution >= 0.6 is 11.8 Å². The van der Waals surface area contributed by atoms with Gasteiger partial charge < -0.3 is 0 Å². The van der Waals surface area contributed by atoms with Gasteiger partial charge in [0.15, 0.2) is 0 Å². The molecule has 0 spiro atoms. The minimum Gasteiger partial charge on any atom is -0.299 e. The monoisotopic (exact) mass is 179 g/mol. The lowest BCUT2D eigenvalue weighted by atomic mass is 10.1. The Morgan fingerprint density at radius 2 is 2.58 bits per heavy atom. The fourth-order valence-corrected chi connectivity index (χ4v) is 2.47. The number of carbonyl (C=O) groups is 1. The van der Waals surface area contributed by atoms with E-state index >= 15 is 0 Å². The van der Waals surface area contributed by atoms with Gasteiger partial charge in [-0.15, -0.1) is 11.8 Å². The zero-order chi connectivity index (χ0) is 8.55. The summed E-state index contributed by atoms with van der Waals surface area (Å²) in [5, 5.41) is 0.129. The molecule has 62 valence electrons. The molecule has 0 saturated carbocycles. The van der Waals surface area contributed by atoms with Gasteiger partial charge in [0.1, 0.15) is 5.78 Å². The number of aromatic nitrogens is 1. The third-order valence-corrected chi connectivity index (χ3v) is 3.42. The number of nitrogens with zero attached hydrogens (tertiary/aromatic N) is 1. The highest BCUT2D eigenvalue weighted by molar-refractivity contribution is 8.01. The first kappa shape index (κ1) is 7.80. The Morgan fingerprint density at radius 3 is 3.25 bits per heavy atom. The highest BCUT2D eigenvalue weighted by atomic mass is 32.2. The van der Waals surface area contributed by atoms with Crippen LogP contribution in [0, 0.1) is 0 Å². The van der Waals surface area contributed by atoms with E-state index in [0.29, 0.717) is 0 Å². The molecule has 0 amide bonds. The molecule has 0 N–H and O–H groups in total. The summed E-state index contributed by atoms with van der Waals surface area (Å²) in [7, 11) is 0. The molecule has 1 atom stereocenters. The van der Waals surface area contributed by atoms with Crippen LogP contribution in [-0.2, 0) is 11.2 Å². The second kappa shape index (κ2) is 2.90. The van der Waals surface area contributed by atoms with Crippen molar-refractivity contribution >= 4 is 17.5 Å². The van der Waals surface area contributed by atoms with Crippen molar-refractivity contribution < 1.29 is 4.79 Å². The lowest BCUT2D eigenvalue weighted by molar-refractivity contribution is -0.116. The molecule has 12 heavy (non-hydrogen) atoms. The van der Waals surface area contributed by atoms with Crippen LogP contribution in [0.2, 0.25) is 0 Å². The second-order valence-electron chi connectivity index (χ2n) is 2.90. The zero-order valence-corrected chi connectivity index (χ0v) is 7.60. The van der Waals surface area contributed by atoms with Crippen LogP contribution < -0.4 is 0 Å². The van der Waals surface area contributed by atoms with Gasteiger partial charge >= 0.3 is 0 Å². The Balaban J connectivity index is 2.27. The highest BCUT2D eigenvalue weighted by Crippen LogP contribution is 2.36. The Morgan fingerprint density at radius 1 is 1.75 bits per heavy atom. The van der Waals surface area contributed by atoms with Crippen LogP contribution in [0.25, 0.3) is 0 Å². The van der Waals surface area contributed by atoms with Crippen molar-refractivity contribution in [3.8, 4) is 0 Å². The topological polar surface area (TPSA) is 30.0 Å². The summed E-state index contributed by atoms with van der Waals surface area (Å²) in [6.07, 6.45) is 4.47. The summed E-state index contributed by atoms with van der Waals surface area (Å²) in [4.78, 5) is 16.3. The second-order valence-corrected chi connectivity index (χ2v) is 4.15. The van der Waals surface area contributed by atoms with Gasteiger partial charge in [0.25, 0.3) is 0 Å². The number of ketones is 1. The Labute approximate surface area is 75.4 Å². The van der Waals surface area contributed by atoms with Gasteiger partial charge in [-0.1, -0.05) is 0 Å². The molecule has 2 nitrogen and oxygen atoms in total. The van der Waals surface area contributed by atoms with Crippen LogP contribution in [0.3, 0.4) is 0 Å². The van der Waals surface area contributed by atoms with Gasteiger partial charge in [-0.3, -0.25) is 9.78 Å². The molecule has 1 aromatic rings. The SMILES string of the molecule is CC(=O)C1Cc2cnccc2S1. The molecule has 0 radical (unpaired) electrons. The number of hydrogen-bond acceptors (Lipinski definition) is 3. The van der Waals surface area contributed by atoms with Crippen LogP contribution in [-0.4, -0.2) is 16.0 Å². The van der Waals surface area contributed by atoms with Gasteiger partial charge in [-0.05, 0) is 25.0 Å². The van der Waals surface area contributed by atoms with Crippen LogP contribution in [0.1, 0.15) is 12.5 Å². The fraction of sp³-hybridized carbons (Fsp3) is 0.333. The van der Waals surface area contributed by atoms with Gasteiger partial charge in [0.2, 0.25) is 0 Å². The minimum absolute atomic E-state index is 0.129. The first-order valence-electron chi connectivity index (χ1n) is 3.87. The smallest absolute Gasteiger partial charge is 0.143 e. The van der Waals surface area contributed by atoms with Crippen LogP contribution in [0.5, 0.6) is 0 Å². The Bertz CT molecular complexity index is 299. The molecule has 0 fully saturated rings. The predicted molar refractivity (Wildman–Crippen MR) is 48.3 cm³/mol. The Hall–Kier alpha value is -0.830. The average Bonchev–Trinajstić information content (AvgIpc) is 2.46. The number of thioether (sulfide) groups is 1. The summed E-state index contributed by atoms with van der Waals surface area (Å²) in [6.45, 7) is 1.65. The van der Waals surface area contributed by atoms with Crippen molar-refractivity contribution in [3.63, 3.8) is 0 Å². The molecule has 2 rings (SSSR count). The number of Topliss-reactive ketones (excluding diaryl/α,β-unsaturated/α-hetero) is 1. The van der Waals surface area contributed by atoms with E-state index in [2.05, 4.69) is 4.98 Å². The molecule has 1 aliphatic rings. The van der Waals surface area contributed by atoms with Crippen molar-refractivity contribution in [1.29, 1.82) is 0 Å². The predicted octanol–water partition coefficient (Wildman–Crippen LogP) is 1.69. The van der Waals surface area contributed by atoms with Gasteiger partial charge in [-0.2, -0.15) is 0 Å². The molecule has 0 aliphatic carbocycles. The van der Waals surface area contributed by atoms with E-state index in [4.69, 9.17) is 0 Å². The zero-order valence-electron chi connectivity index (χ0n) is 6.78. The van der Waals surface area contributed by atoms with Crippen molar-refractivity contribution in [1.82, 2.24) is 4.98 Å². The summed E-state index contributed by atoms with van der Waals surface area (Å²) in [5.41, 5.74) is 1.21. The number of rotatable bonds is 1. The lowest BCUT2D eigenvalue weighted by Gasteiger charge is -1.99. The third-order valence-electron chi connectivity index (χ3n) is 1.99. The molecule has 1 aromatic heterocycles. The summed E-state index contributed by atoms with van der Waals surface area (Å²) < 4.78 is 0. The molecular weight excluding hydrogens is 170 g/mol. The van der Waals surface area contributed by atoms with Gasteiger partial charge in [0.05, 0.1) is 5.25 Å². The third kappa shape index (κ3) is 1.25. The molecule has 0 bridgehead atoms. The van der Waals surface area contributed by atoms with E-state index in [-0.39, 0.29) is 11.0 Å².